The molecule has 88 valence electrons. The Morgan fingerprint density at radius 2 is 2.13 bits per heavy atom. The number of hydrogen-bond acceptors (Lipinski definition) is 2. The molecule has 1 atom stereocenters. The Hall–Kier alpha value is -0.570. The monoisotopic (exact) mass is 212 g/mol. The van der Waals surface area contributed by atoms with Gasteiger partial charge in [0.05, 0.1) is 0 Å². The van der Waals surface area contributed by atoms with Crippen LogP contribution in [0, 0.1) is 0 Å². The maximum atomic E-state index is 11.9. The number of nitrogens with zero attached hydrogens (tertiary/aromatic N) is 1. The molecular weight excluding hydrogens is 188 g/mol. The van der Waals surface area contributed by atoms with Crippen LogP contribution < -0.4 is 5.73 Å². The van der Waals surface area contributed by atoms with Gasteiger partial charge in [-0.1, -0.05) is 0 Å². The molecule has 0 aliphatic carbocycles. The van der Waals surface area contributed by atoms with Crippen LogP contribution >= 0.6 is 0 Å². The van der Waals surface area contributed by atoms with Crippen LogP contribution in [-0.2, 0) is 4.79 Å². The number of carbonyl (C=O) groups excluding carboxylic acids is 1. The van der Waals surface area contributed by atoms with Gasteiger partial charge in [-0.05, 0) is 46.5 Å². The number of carbonyl (C=O) groups is 1. The highest BCUT2D eigenvalue weighted by molar-refractivity contribution is 5.76. The van der Waals surface area contributed by atoms with Crippen molar-refractivity contribution in [2.24, 2.45) is 5.73 Å². The van der Waals surface area contributed by atoms with Crippen molar-refractivity contribution in [1.29, 1.82) is 0 Å². The van der Waals surface area contributed by atoms with Crippen LogP contribution in [-0.4, -0.2) is 28.9 Å². The van der Waals surface area contributed by atoms with Crippen molar-refractivity contribution >= 4 is 5.91 Å². The van der Waals surface area contributed by atoms with Crippen molar-refractivity contribution in [2.75, 3.05) is 6.54 Å². The van der Waals surface area contributed by atoms with Gasteiger partial charge in [-0.3, -0.25) is 4.79 Å². The molecule has 1 aliphatic heterocycles. The summed E-state index contributed by atoms with van der Waals surface area (Å²) in [6.07, 6.45) is 4.93. The number of likely N-dealkylation sites (tertiary alicyclic amines) is 1. The maximum absolute atomic E-state index is 11.9. The molecule has 0 aromatic heterocycles. The second-order valence-electron chi connectivity index (χ2n) is 5.42. The van der Waals surface area contributed by atoms with Crippen LogP contribution in [0.3, 0.4) is 0 Å². The predicted octanol–water partition coefficient (Wildman–Crippen LogP) is 1.90. The van der Waals surface area contributed by atoms with Crippen molar-refractivity contribution in [1.82, 2.24) is 4.90 Å². The summed E-state index contributed by atoms with van der Waals surface area (Å²) < 4.78 is 0. The van der Waals surface area contributed by atoms with Gasteiger partial charge in [0.2, 0.25) is 5.91 Å². The lowest BCUT2D eigenvalue weighted by Gasteiger charge is -2.34. The fourth-order valence-electron chi connectivity index (χ4n) is 2.04. The fraction of sp³-hybridized carbons (Fsp3) is 0.917. The van der Waals surface area contributed by atoms with E-state index in [4.69, 9.17) is 5.73 Å². The third-order valence-corrected chi connectivity index (χ3v) is 3.11. The molecule has 1 saturated heterocycles. The normalized spacial score (nSPS) is 22.9. The number of rotatable bonds is 3. The van der Waals surface area contributed by atoms with Crippen LogP contribution in [0.1, 0.15) is 52.9 Å². The Morgan fingerprint density at radius 3 is 2.67 bits per heavy atom. The SMILES string of the molecule is CC1CCCCN1C(=O)CCC(C)(C)N. The zero-order chi connectivity index (χ0) is 11.5. The third kappa shape index (κ3) is 4.20. The summed E-state index contributed by atoms with van der Waals surface area (Å²) in [5, 5.41) is 0. The summed E-state index contributed by atoms with van der Waals surface area (Å²) in [5.41, 5.74) is 5.65. The molecule has 2 N–H and O–H groups in total. The number of amides is 1. The van der Waals surface area contributed by atoms with Gasteiger partial charge in [0.1, 0.15) is 0 Å². The van der Waals surface area contributed by atoms with E-state index in [9.17, 15) is 4.79 Å². The fourth-order valence-corrected chi connectivity index (χ4v) is 2.04. The molecule has 1 fully saturated rings. The van der Waals surface area contributed by atoms with Gasteiger partial charge in [0, 0.05) is 24.5 Å². The van der Waals surface area contributed by atoms with Crippen molar-refractivity contribution in [3.8, 4) is 0 Å². The Labute approximate surface area is 93.0 Å². The Kier molecular flexibility index (Phi) is 4.14. The maximum Gasteiger partial charge on any atom is 0.222 e. The van der Waals surface area contributed by atoms with E-state index in [0.717, 1.165) is 25.8 Å². The number of nitrogens with two attached hydrogens (primary N) is 1. The van der Waals surface area contributed by atoms with E-state index in [-0.39, 0.29) is 11.4 Å². The standard InChI is InChI=1S/C12H24N2O/c1-10-6-4-5-9-14(10)11(15)7-8-12(2,3)13/h10H,4-9,13H2,1-3H3. The Bertz CT molecular complexity index is 220. The molecule has 3 nitrogen and oxygen atoms in total. The van der Waals surface area contributed by atoms with E-state index in [1.807, 2.05) is 18.7 Å². The number of hydrogen-bond donors (Lipinski definition) is 1. The second-order valence-corrected chi connectivity index (χ2v) is 5.42. The third-order valence-electron chi connectivity index (χ3n) is 3.11. The molecule has 1 heterocycles. The highest BCUT2D eigenvalue weighted by Gasteiger charge is 2.24. The lowest BCUT2D eigenvalue weighted by molar-refractivity contribution is -0.134. The van der Waals surface area contributed by atoms with Crippen molar-refractivity contribution in [2.45, 2.75) is 64.5 Å². The van der Waals surface area contributed by atoms with Crippen LogP contribution in [0.2, 0.25) is 0 Å². The van der Waals surface area contributed by atoms with Gasteiger partial charge in [-0.15, -0.1) is 0 Å². The van der Waals surface area contributed by atoms with E-state index in [1.54, 1.807) is 0 Å². The summed E-state index contributed by atoms with van der Waals surface area (Å²) in [6.45, 7) is 7.02. The minimum absolute atomic E-state index is 0.227. The van der Waals surface area contributed by atoms with Crippen molar-refractivity contribution in [3.63, 3.8) is 0 Å². The first kappa shape index (κ1) is 12.5. The molecule has 15 heavy (non-hydrogen) atoms. The van der Waals surface area contributed by atoms with Crippen molar-refractivity contribution in [3.05, 3.63) is 0 Å². The predicted molar refractivity (Wildman–Crippen MR) is 62.5 cm³/mol. The first-order valence-corrected chi connectivity index (χ1v) is 5.98. The van der Waals surface area contributed by atoms with Gasteiger partial charge in [0.15, 0.2) is 0 Å². The van der Waals surface area contributed by atoms with Crippen LogP contribution in [0.15, 0.2) is 0 Å². The summed E-state index contributed by atoms with van der Waals surface area (Å²) in [5.74, 6) is 0.278. The molecule has 0 aromatic carbocycles. The van der Waals surface area contributed by atoms with Gasteiger partial charge >= 0.3 is 0 Å². The Morgan fingerprint density at radius 1 is 1.47 bits per heavy atom. The molecule has 3 heteroatoms. The molecular formula is C12H24N2O. The first-order chi connectivity index (χ1) is 6.90. The minimum atomic E-state index is -0.227. The van der Waals surface area contributed by atoms with Crippen LogP contribution in [0.4, 0.5) is 0 Å². The molecule has 0 bridgehead atoms. The lowest BCUT2D eigenvalue weighted by Crippen LogP contribution is -2.43. The average molecular weight is 212 g/mol. The molecule has 1 rings (SSSR count). The van der Waals surface area contributed by atoms with E-state index in [1.165, 1.54) is 6.42 Å². The van der Waals surface area contributed by atoms with Gasteiger partial charge in [-0.2, -0.15) is 0 Å². The lowest BCUT2D eigenvalue weighted by atomic mass is 9.98. The largest absolute Gasteiger partial charge is 0.340 e. The number of piperidine rings is 1. The molecule has 0 saturated carbocycles. The van der Waals surface area contributed by atoms with E-state index in [0.29, 0.717) is 12.5 Å². The van der Waals surface area contributed by atoms with Crippen LogP contribution in [0.25, 0.3) is 0 Å². The molecule has 1 amide bonds. The zero-order valence-electron chi connectivity index (χ0n) is 10.3. The summed E-state index contributed by atoms with van der Waals surface area (Å²) >= 11 is 0. The summed E-state index contributed by atoms with van der Waals surface area (Å²) in [4.78, 5) is 13.9. The van der Waals surface area contributed by atoms with Gasteiger partial charge < -0.3 is 10.6 Å². The van der Waals surface area contributed by atoms with Gasteiger partial charge in [-0.25, -0.2) is 0 Å². The smallest absolute Gasteiger partial charge is 0.222 e. The molecule has 0 spiro atoms. The van der Waals surface area contributed by atoms with Crippen LogP contribution in [0.5, 0.6) is 0 Å². The Balaban J connectivity index is 2.39. The highest BCUT2D eigenvalue weighted by Crippen LogP contribution is 2.18. The van der Waals surface area contributed by atoms with E-state index < -0.39 is 0 Å². The molecule has 0 radical (unpaired) electrons. The zero-order valence-corrected chi connectivity index (χ0v) is 10.3. The topological polar surface area (TPSA) is 46.3 Å². The quantitative estimate of drug-likeness (QED) is 0.776. The molecule has 1 unspecified atom stereocenters. The minimum Gasteiger partial charge on any atom is -0.340 e. The summed E-state index contributed by atoms with van der Waals surface area (Å²) in [7, 11) is 0. The average Bonchev–Trinajstić information content (AvgIpc) is 2.14. The summed E-state index contributed by atoms with van der Waals surface area (Å²) in [6, 6.07) is 0.423. The second kappa shape index (κ2) is 4.97. The first-order valence-electron chi connectivity index (χ1n) is 5.98. The molecule has 1 aliphatic rings. The van der Waals surface area contributed by atoms with E-state index >= 15 is 0 Å². The van der Waals surface area contributed by atoms with Crippen molar-refractivity contribution < 1.29 is 4.79 Å². The van der Waals surface area contributed by atoms with Gasteiger partial charge in [0.25, 0.3) is 0 Å². The molecule has 0 aromatic rings. The highest BCUT2D eigenvalue weighted by atomic mass is 16.2. The van der Waals surface area contributed by atoms with E-state index in [2.05, 4.69) is 6.92 Å².